The fourth-order valence-electron chi connectivity index (χ4n) is 2.88. The molecule has 3 aromatic rings. The molecule has 0 unspecified atom stereocenters. The van der Waals surface area contributed by atoms with E-state index in [9.17, 15) is 24.0 Å². The molecular weight excluding hydrogens is 471 g/mol. The number of thioether (sulfide) groups is 1. The van der Waals surface area contributed by atoms with E-state index in [1.807, 2.05) is 12.1 Å². The quantitative estimate of drug-likeness (QED) is 0.410. The van der Waals surface area contributed by atoms with Gasteiger partial charge < -0.3 is 21.3 Å². The average Bonchev–Trinajstić information content (AvgIpc) is 2.84. The van der Waals surface area contributed by atoms with Crippen LogP contribution in [-0.2, 0) is 9.59 Å². The predicted octanol–water partition coefficient (Wildman–Crippen LogP) is 3.12. The summed E-state index contributed by atoms with van der Waals surface area (Å²) in [5, 5.41) is 15.0. The van der Waals surface area contributed by atoms with Gasteiger partial charge in [-0.1, -0.05) is 30.0 Å². The molecule has 0 atom stereocenters. The lowest BCUT2D eigenvalue weighted by molar-refractivity contribution is -0.131. The molecule has 178 valence electrons. The number of amides is 3. The van der Waals surface area contributed by atoms with Crippen molar-refractivity contribution in [3.8, 4) is 6.07 Å². The van der Waals surface area contributed by atoms with Crippen LogP contribution >= 0.6 is 11.8 Å². The molecule has 3 rings (SSSR count). The minimum Gasteiger partial charge on any atom is -0.383 e. The highest BCUT2D eigenvalue weighted by molar-refractivity contribution is 8.00. The van der Waals surface area contributed by atoms with Crippen LogP contribution in [0.2, 0.25) is 0 Å². The van der Waals surface area contributed by atoms with Crippen LogP contribution in [0.5, 0.6) is 0 Å². The number of aromatic nitrogens is 1. The molecule has 35 heavy (non-hydrogen) atoms. The van der Waals surface area contributed by atoms with Gasteiger partial charge in [0.1, 0.15) is 22.7 Å². The number of pyridine rings is 1. The smallest absolute Gasteiger partial charge is 0.259 e. The summed E-state index contributed by atoms with van der Waals surface area (Å²) in [6.45, 7) is -0.226. The number of nitrogen functional groups attached to an aromatic ring is 1. The second-order valence-corrected chi connectivity index (χ2v) is 8.26. The lowest BCUT2D eigenvalue weighted by Crippen LogP contribution is -2.36. The molecule has 0 aliphatic carbocycles. The third kappa shape index (κ3) is 7.02. The molecule has 11 heteroatoms. The van der Waals surface area contributed by atoms with Crippen molar-refractivity contribution >= 4 is 46.7 Å². The number of anilines is 3. The number of para-hydroxylation sites is 1. The van der Waals surface area contributed by atoms with Crippen LogP contribution in [0.25, 0.3) is 0 Å². The van der Waals surface area contributed by atoms with Crippen LogP contribution in [0.15, 0.2) is 65.7 Å². The van der Waals surface area contributed by atoms with Gasteiger partial charge in [-0.25, -0.2) is 9.37 Å². The summed E-state index contributed by atoms with van der Waals surface area (Å²) < 4.78 is 13.0. The van der Waals surface area contributed by atoms with Gasteiger partial charge in [-0.3, -0.25) is 14.4 Å². The Bertz CT molecular complexity index is 1280. The Morgan fingerprint density at radius 3 is 2.40 bits per heavy atom. The Kier molecular flexibility index (Phi) is 8.37. The number of nitrogens with two attached hydrogens (primary N) is 1. The molecular formula is C24H21FN6O3S. The molecule has 0 saturated heterocycles. The third-order valence-corrected chi connectivity index (χ3v) is 5.66. The number of carbonyl (C=O) groups is 3. The lowest BCUT2D eigenvalue weighted by atomic mass is 10.2. The number of carbonyl (C=O) groups excluding carboxylic acids is 3. The summed E-state index contributed by atoms with van der Waals surface area (Å²) in [5.41, 5.74) is 7.04. The first kappa shape index (κ1) is 25.2. The first-order chi connectivity index (χ1) is 16.8. The summed E-state index contributed by atoms with van der Waals surface area (Å²) in [5.74, 6) is -1.98. The minimum absolute atomic E-state index is 0.0376. The van der Waals surface area contributed by atoms with E-state index in [1.165, 1.54) is 42.3 Å². The van der Waals surface area contributed by atoms with Crippen molar-refractivity contribution in [2.45, 2.75) is 5.03 Å². The zero-order chi connectivity index (χ0) is 25.4. The molecule has 0 spiro atoms. The Labute approximate surface area is 205 Å². The monoisotopic (exact) mass is 492 g/mol. The van der Waals surface area contributed by atoms with E-state index in [0.717, 1.165) is 11.8 Å². The molecule has 1 aromatic heterocycles. The van der Waals surface area contributed by atoms with Gasteiger partial charge in [0, 0.05) is 18.4 Å². The molecule has 0 fully saturated rings. The number of halogens is 1. The number of benzene rings is 2. The largest absolute Gasteiger partial charge is 0.383 e. The van der Waals surface area contributed by atoms with Gasteiger partial charge in [-0.15, -0.1) is 0 Å². The number of likely N-dealkylation sites (N-methyl/N-ethyl adjacent to an activating group) is 1. The van der Waals surface area contributed by atoms with Crippen molar-refractivity contribution < 1.29 is 18.8 Å². The second-order valence-electron chi connectivity index (χ2n) is 7.30. The highest BCUT2D eigenvalue weighted by atomic mass is 32.2. The summed E-state index contributed by atoms with van der Waals surface area (Å²) in [4.78, 5) is 42.5. The molecule has 9 nitrogen and oxygen atoms in total. The summed E-state index contributed by atoms with van der Waals surface area (Å²) in [7, 11) is 1.46. The van der Waals surface area contributed by atoms with Gasteiger partial charge in [0.2, 0.25) is 11.8 Å². The molecule has 0 aliphatic heterocycles. The highest BCUT2D eigenvalue weighted by Crippen LogP contribution is 2.25. The van der Waals surface area contributed by atoms with E-state index < -0.39 is 17.6 Å². The Morgan fingerprint density at radius 2 is 1.74 bits per heavy atom. The van der Waals surface area contributed by atoms with E-state index in [0.29, 0.717) is 11.4 Å². The summed E-state index contributed by atoms with van der Waals surface area (Å²) in [6.07, 6.45) is 0. The standard InChI is InChI=1S/C24H21FN6O3S/c1-31(13-20(32)28-18-9-7-16(25)8-10-18)21(33)14-35-24-15(12-26)11-19(22(27)30-24)23(34)29-17-5-3-2-4-6-17/h2-11H,13-14H2,1H3,(H2,27,30)(H,28,32)(H,29,34). The Balaban J connectivity index is 1.60. The van der Waals surface area contributed by atoms with Gasteiger partial charge >= 0.3 is 0 Å². The fraction of sp³-hybridized carbons (Fsp3) is 0.125. The van der Waals surface area contributed by atoms with Crippen molar-refractivity contribution in [3.63, 3.8) is 0 Å². The van der Waals surface area contributed by atoms with E-state index in [4.69, 9.17) is 5.73 Å². The Morgan fingerprint density at radius 1 is 1.09 bits per heavy atom. The maximum atomic E-state index is 13.0. The van der Waals surface area contributed by atoms with Gasteiger partial charge in [0.15, 0.2) is 0 Å². The normalized spacial score (nSPS) is 10.2. The number of hydrogen-bond donors (Lipinski definition) is 3. The van der Waals surface area contributed by atoms with Crippen molar-refractivity contribution in [2.75, 3.05) is 35.7 Å². The number of nitrogens with one attached hydrogen (secondary N) is 2. The maximum absolute atomic E-state index is 13.0. The van der Waals surface area contributed by atoms with Gasteiger partial charge in [0.05, 0.1) is 23.4 Å². The average molecular weight is 493 g/mol. The van der Waals surface area contributed by atoms with Gasteiger partial charge in [-0.2, -0.15) is 5.26 Å². The lowest BCUT2D eigenvalue weighted by Gasteiger charge is -2.17. The number of nitrogens with zero attached hydrogens (tertiary/aromatic N) is 3. The molecule has 3 amide bonds. The third-order valence-electron chi connectivity index (χ3n) is 4.68. The van der Waals surface area contributed by atoms with Crippen molar-refractivity contribution in [1.82, 2.24) is 9.88 Å². The first-order valence-electron chi connectivity index (χ1n) is 10.3. The van der Waals surface area contributed by atoms with Crippen molar-refractivity contribution in [1.29, 1.82) is 5.26 Å². The molecule has 0 aliphatic rings. The molecule has 0 radical (unpaired) electrons. The van der Waals surface area contributed by atoms with E-state index in [1.54, 1.807) is 24.3 Å². The van der Waals surface area contributed by atoms with Crippen LogP contribution < -0.4 is 16.4 Å². The minimum atomic E-state index is -0.516. The SMILES string of the molecule is CN(CC(=O)Nc1ccc(F)cc1)C(=O)CSc1nc(N)c(C(=O)Nc2ccccc2)cc1C#N. The predicted molar refractivity (Wildman–Crippen MR) is 131 cm³/mol. The zero-order valence-electron chi connectivity index (χ0n) is 18.6. The molecule has 1 heterocycles. The molecule has 0 saturated carbocycles. The maximum Gasteiger partial charge on any atom is 0.259 e. The summed E-state index contributed by atoms with van der Waals surface area (Å²) >= 11 is 0.969. The van der Waals surface area contributed by atoms with Crippen LogP contribution in [0.4, 0.5) is 21.6 Å². The first-order valence-corrected chi connectivity index (χ1v) is 11.2. The van der Waals surface area contributed by atoms with Gasteiger partial charge in [0.25, 0.3) is 5.91 Å². The van der Waals surface area contributed by atoms with E-state index >= 15 is 0 Å². The topological polar surface area (TPSA) is 141 Å². The number of nitriles is 1. The number of rotatable bonds is 8. The van der Waals surface area contributed by atoms with Crippen LogP contribution in [0, 0.1) is 17.1 Å². The Hall–Kier alpha value is -4.43. The van der Waals surface area contributed by atoms with Crippen LogP contribution in [0.3, 0.4) is 0 Å². The van der Waals surface area contributed by atoms with Gasteiger partial charge in [-0.05, 0) is 42.5 Å². The molecule has 0 bridgehead atoms. The highest BCUT2D eigenvalue weighted by Gasteiger charge is 2.19. The van der Waals surface area contributed by atoms with E-state index in [-0.39, 0.29) is 40.2 Å². The fourth-order valence-corrected chi connectivity index (χ4v) is 3.78. The van der Waals surface area contributed by atoms with Crippen LogP contribution in [0.1, 0.15) is 15.9 Å². The molecule has 4 N–H and O–H groups in total. The van der Waals surface area contributed by atoms with E-state index in [2.05, 4.69) is 15.6 Å². The second kappa shape index (κ2) is 11.6. The number of hydrogen-bond acceptors (Lipinski definition) is 7. The zero-order valence-corrected chi connectivity index (χ0v) is 19.4. The van der Waals surface area contributed by atoms with Crippen molar-refractivity contribution in [2.24, 2.45) is 0 Å². The summed E-state index contributed by atoms with van der Waals surface area (Å²) in [6, 6.07) is 17.3. The van der Waals surface area contributed by atoms with Crippen molar-refractivity contribution in [3.05, 3.63) is 77.6 Å². The molecule has 2 aromatic carbocycles. The van der Waals surface area contributed by atoms with Crippen LogP contribution in [-0.4, -0.2) is 47.0 Å².